The van der Waals surface area contributed by atoms with Crippen molar-refractivity contribution in [2.45, 2.75) is 6.61 Å². The van der Waals surface area contributed by atoms with Gasteiger partial charge in [0.05, 0.1) is 18.2 Å². The van der Waals surface area contributed by atoms with Crippen LogP contribution in [0.3, 0.4) is 0 Å². The second kappa shape index (κ2) is 10.4. The molecule has 0 bridgehead atoms. The molecule has 9 heteroatoms. The van der Waals surface area contributed by atoms with Crippen LogP contribution in [0.15, 0.2) is 77.9 Å². The molecule has 0 spiro atoms. The van der Waals surface area contributed by atoms with Gasteiger partial charge in [-0.1, -0.05) is 48.5 Å². The van der Waals surface area contributed by atoms with E-state index in [1.165, 1.54) is 25.5 Å². The number of hydrogen-bond donors (Lipinski definition) is 2. The van der Waals surface area contributed by atoms with Gasteiger partial charge in [-0.2, -0.15) is 5.10 Å². The second-order valence-electron chi connectivity index (χ2n) is 6.29. The molecule has 2 N–H and O–H groups in total. The van der Waals surface area contributed by atoms with E-state index >= 15 is 0 Å². The fraction of sp³-hybridized carbons (Fsp3) is 0.0909. The minimum Gasteiger partial charge on any atom is -0.493 e. The van der Waals surface area contributed by atoms with Crippen molar-refractivity contribution in [3.05, 3.63) is 94.0 Å². The SMILES string of the molecule is COc1cc(/C=N/NC(=O)Nc2ccccc2)cc([N+](=O)[O-])c1OCc1ccccc1. The van der Waals surface area contributed by atoms with Crippen molar-refractivity contribution in [1.29, 1.82) is 0 Å². The van der Waals surface area contributed by atoms with E-state index in [0.29, 0.717) is 11.3 Å². The zero-order valence-corrected chi connectivity index (χ0v) is 16.6. The van der Waals surface area contributed by atoms with Gasteiger partial charge in [0.1, 0.15) is 6.61 Å². The third-order valence-electron chi connectivity index (χ3n) is 4.11. The molecule has 0 radical (unpaired) electrons. The summed E-state index contributed by atoms with van der Waals surface area (Å²) in [6.45, 7) is 0.146. The molecule has 3 aromatic rings. The molecular weight excluding hydrogens is 400 g/mol. The predicted octanol–water partition coefficient (Wildman–Crippen LogP) is 4.34. The minimum absolute atomic E-state index is 0.0169. The Bertz CT molecular complexity index is 1070. The number of carbonyl (C=O) groups excluding carboxylic acids is 1. The van der Waals surface area contributed by atoms with Crippen LogP contribution in [0.25, 0.3) is 0 Å². The highest BCUT2D eigenvalue weighted by Crippen LogP contribution is 2.38. The summed E-state index contributed by atoms with van der Waals surface area (Å²) < 4.78 is 11.0. The van der Waals surface area contributed by atoms with Crippen LogP contribution in [0.4, 0.5) is 16.2 Å². The first-order valence-electron chi connectivity index (χ1n) is 9.25. The van der Waals surface area contributed by atoms with E-state index in [4.69, 9.17) is 9.47 Å². The number of methoxy groups -OCH3 is 1. The average molecular weight is 420 g/mol. The van der Waals surface area contributed by atoms with Gasteiger partial charge in [0.25, 0.3) is 0 Å². The van der Waals surface area contributed by atoms with Crippen LogP contribution in [0.2, 0.25) is 0 Å². The first-order valence-corrected chi connectivity index (χ1v) is 9.25. The lowest BCUT2D eigenvalue weighted by molar-refractivity contribution is -0.386. The molecule has 0 atom stereocenters. The highest BCUT2D eigenvalue weighted by molar-refractivity contribution is 5.90. The number of amides is 2. The lowest BCUT2D eigenvalue weighted by Gasteiger charge is -2.12. The molecule has 31 heavy (non-hydrogen) atoms. The van der Waals surface area contributed by atoms with Gasteiger partial charge in [0, 0.05) is 17.3 Å². The van der Waals surface area contributed by atoms with Gasteiger partial charge in [0.2, 0.25) is 5.75 Å². The normalized spacial score (nSPS) is 10.5. The Hall–Kier alpha value is -4.40. The predicted molar refractivity (Wildman–Crippen MR) is 117 cm³/mol. The molecule has 0 aromatic heterocycles. The maximum absolute atomic E-state index is 11.9. The Labute approximate surface area is 178 Å². The number of carbonyl (C=O) groups is 1. The van der Waals surface area contributed by atoms with Crippen molar-refractivity contribution in [3.63, 3.8) is 0 Å². The monoisotopic (exact) mass is 420 g/mol. The number of ether oxygens (including phenoxy) is 2. The minimum atomic E-state index is -0.560. The maximum atomic E-state index is 11.9. The summed E-state index contributed by atoms with van der Waals surface area (Å²) in [6.07, 6.45) is 1.28. The van der Waals surface area contributed by atoms with Crippen LogP contribution >= 0.6 is 0 Å². The Kier molecular flexibility index (Phi) is 7.15. The summed E-state index contributed by atoms with van der Waals surface area (Å²) in [4.78, 5) is 22.9. The molecule has 0 aliphatic carbocycles. The fourth-order valence-corrected chi connectivity index (χ4v) is 2.69. The number of hydrazone groups is 1. The van der Waals surface area contributed by atoms with E-state index < -0.39 is 11.0 Å². The molecule has 9 nitrogen and oxygen atoms in total. The van der Waals surface area contributed by atoms with E-state index in [9.17, 15) is 14.9 Å². The van der Waals surface area contributed by atoms with Crippen LogP contribution < -0.4 is 20.2 Å². The number of nitro benzene ring substituents is 1. The smallest absolute Gasteiger partial charge is 0.339 e. The van der Waals surface area contributed by atoms with E-state index in [2.05, 4.69) is 15.8 Å². The van der Waals surface area contributed by atoms with E-state index in [1.807, 2.05) is 36.4 Å². The third kappa shape index (κ3) is 6.04. The highest BCUT2D eigenvalue weighted by atomic mass is 16.6. The molecule has 0 unspecified atom stereocenters. The molecule has 158 valence electrons. The van der Waals surface area contributed by atoms with Crippen LogP contribution in [-0.2, 0) is 6.61 Å². The Morgan fingerprint density at radius 2 is 1.77 bits per heavy atom. The summed E-state index contributed by atoms with van der Waals surface area (Å²) in [5.74, 6) is 0.198. The highest BCUT2D eigenvalue weighted by Gasteiger charge is 2.22. The Balaban J connectivity index is 1.73. The van der Waals surface area contributed by atoms with Gasteiger partial charge in [-0.3, -0.25) is 10.1 Å². The molecule has 3 rings (SSSR count). The van der Waals surface area contributed by atoms with Crippen molar-refractivity contribution in [3.8, 4) is 11.5 Å². The van der Waals surface area contributed by atoms with Gasteiger partial charge in [-0.05, 0) is 23.8 Å². The number of nitrogens with zero attached hydrogens (tertiary/aromatic N) is 2. The Morgan fingerprint density at radius 1 is 1.10 bits per heavy atom. The van der Waals surface area contributed by atoms with Crippen LogP contribution in [-0.4, -0.2) is 24.3 Å². The standard InChI is InChI=1S/C22H20N4O5/c1-30-20-13-17(14-23-25-22(27)24-18-10-6-3-7-11-18)12-19(26(28)29)21(20)31-15-16-8-4-2-5-9-16/h2-14H,15H2,1H3,(H2,24,25,27)/b23-14+. The number of nitro groups is 1. The van der Waals surface area contributed by atoms with E-state index in [-0.39, 0.29) is 23.8 Å². The zero-order valence-electron chi connectivity index (χ0n) is 16.6. The molecule has 0 saturated carbocycles. The average Bonchev–Trinajstić information content (AvgIpc) is 2.78. The summed E-state index contributed by atoms with van der Waals surface area (Å²) in [6, 6.07) is 20.4. The molecule has 3 aromatic carbocycles. The zero-order chi connectivity index (χ0) is 22.1. The van der Waals surface area contributed by atoms with Crippen LogP contribution in [0, 0.1) is 10.1 Å². The number of hydrogen-bond acceptors (Lipinski definition) is 6. The number of nitrogens with one attached hydrogen (secondary N) is 2. The first kappa shape index (κ1) is 21.3. The van der Waals surface area contributed by atoms with E-state index in [0.717, 1.165) is 5.56 Å². The summed E-state index contributed by atoms with van der Waals surface area (Å²) >= 11 is 0. The van der Waals surface area contributed by atoms with Gasteiger partial charge in [0.15, 0.2) is 5.75 Å². The van der Waals surface area contributed by atoms with Crippen molar-refractivity contribution in [2.24, 2.45) is 5.10 Å². The molecular formula is C22H20N4O5. The molecule has 0 saturated heterocycles. The largest absolute Gasteiger partial charge is 0.493 e. The molecule has 2 amide bonds. The molecule has 0 aliphatic heterocycles. The van der Waals surface area contributed by atoms with E-state index in [1.54, 1.807) is 24.3 Å². The van der Waals surface area contributed by atoms with Crippen molar-refractivity contribution >= 4 is 23.6 Å². The van der Waals surface area contributed by atoms with Gasteiger partial charge in [-0.25, -0.2) is 10.2 Å². The number of para-hydroxylation sites is 1. The van der Waals surface area contributed by atoms with Crippen LogP contribution in [0.1, 0.15) is 11.1 Å². The summed E-state index contributed by atoms with van der Waals surface area (Å²) in [5, 5.41) is 18.0. The number of urea groups is 1. The number of benzene rings is 3. The molecule has 0 heterocycles. The van der Waals surface area contributed by atoms with Gasteiger partial charge >= 0.3 is 11.7 Å². The number of rotatable bonds is 8. The van der Waals surface area contributed by atoms with Crippen LogP contribution in [0.5, 0.6) is 11.5 Å². The third-order valence-corrected chi connectivity index (χ3v) is 4.11. The van der Waals surface area contributed by atoms with Crippen molar-refractivity contribution in [1.82, 2.24) is 5.43 Å². The molecule has 0 aliphatic rings. The number of anilines is 1. The lowest BCUT2D eigenvalue weighted by atomic mass is 10.1. The van der Waals surface area contributed by atoms with Gasteiger partial charge in [-0.15, -0.1) is 0 Å². The first-order chi connectivity index (χ1) is 15.1. The summed E-state index contributed by atoms with van der Waals surface area (Å²) in [5.41, 5.74) is 3.85. The fourth-order valence-electron chi connectivity index (χ4n) is 2.69. The second-order valence-corrected chi connectivity index (χ2v) is 6.29. The Morgan fingerprint density at radius 3 is 2.42 bits per heavy atom. The maximum Gasteiger partial charge on any atom is 0.339 e. The van der Waals surface area contributed by atoms with Gasteiger partial charge < -0.3 is 14.8 Å². The topological polar surface area (TPSA) is 115 Å². The molecule has 0 fully saturated rings. The van der Waals surface area contributed by atoms with Crippen molar-refractivity contribution < 1.29 is 19.2 Å². The lowest BCUT2D eigenvalue weighted by Crippen LogP contribution is -2.24. The summed E-state index contributed by atoms with van der Waals surface area (Å²) in [7, 11) is 1.39. The van der Waals surface area contributed by atoms with Crippen molar-refractivity contribution in [2.75, 3.05) is 12.4 Å². The quantitative estimate of drug-likeness (QED) is 0.320.